The first kappa shape index (κ1) is 12.7. The number of carbonyl (C=O) groups is 1. The van der Waals surface area contributed by atoms with Crippen LogP contribution in [0.1, 0.15) is 29.8 Å². The van der Waals surface area contributed by atoms with Crippen LogP contribution >= 0.6 is 0 Å². The quantitative estimate of drug-likeness (QED) is 0.791. The molecule has 3 heteroatoms. The number of rotatable bonds is 4. The smallest absolute Gasteiger partial charge is 0.152 e. The molecule has 0 aliphatic rings. The maximum Gasteiger partial charge on any atom is 0.152 e. The van der Waals surface area contributed by atoms with Crippen LogP contribution in [0.4, 0.5) is 5.69 Å². The average Bonchev–Trinajstić information content (AvgIpc) is 2.14. The van der Waals surface area contributed by atoms with E-state index < -0.39 is 5.60 Å². The molecule has 0 saturated heterocycles. The normalized spacial score (nSPS) is 11.3. The van der Waals surface area contributed by atoms with Crippen molar-refractivity contribution in [1.29, 1.82) is 0 Å². The minimum Gasteiger partial charge on any atom is -0.389 e. The van der Waals surface area contributed by atoms with Crippen LogP contribution in [-0.4, -0.2) is 30.6 Å². The summed E-state index contributed by atoms with van der Waals surface area (Å²) < 4.78 is 0. The van der Waals surface area contributed by atoms with Gasteiger partial charge in [-0.05, 0) is 32.9 Å². The number of aryl methyl sites for hydroxylation is 1. The Kier molecular flexibility index (Phi) is 3.70. The molecule has 0 aliphatic heterocycles. The van der Waals surface area contributed by atoms with Crippen molar-refractivity contribution in [3.63, 3.8) is 0 Å². The molecule has 1 aromatic carbocycles. The molecule has 0 spiro atoms. The summed E-state index contributed by atoms with van der Waals surface area (Å²) in [5, 5.41) is 9.74. The Morgan fingerprint density at radius 2 is 2.06 bits per heavy atom. The van der Waals surface area contributed by atoms with Crippen LogP contribution in [0, 0.1) is 6.92 Å². The maximum absolute atomic E-state index is 11.0. The number of anilines is 1. The summed E-state index contributed by atoms with van der Waals surface area (Å²) in [5.41, 5.74) is 1.79. The van der Waals surface area contributed by atoms with Crippen LogP contribution in [0.15, 0.2) is 18.2 Å². The number of likely N-dealkylation sites (N-methyl/N-ethyl adjacent to an activating group) is 1. The fraction of sp³-hybridized carbons (Fsp3) is 0.462. The van der Waals surface area contributed by atoms with E-state index in [2.05, 4.69) is 0 Å². The predicted molar refractivity (Wildman–Crippen MR) is 66.1 cm³/mol. The second-order valence-corrected chi connectivity index (χ2v) is 4.85. The van der Waals surface area contributed by atoms with Crippen molar-refractivity contribution in [3.05, 3.63) is 29.3 Å². The van der Waals surface area contributed by atoms with Crippen LogP contribution in [0.5, 0.6) is 0 Å². The summed E-state index contributed by atoms with van der Waals surface area (Å²) in [5.74, 6) is 0. The third-order valence-corrected chi connectivity index (χ3v) is 2.35. The largest absolute Gasteiger partial charge is 0.389 e. The standard InChI is InChI=1S/C13H19NO2/c1-10-5-6-12(11(7-10)8-15)14(4)9-13(2,3)16/h5-8,16H,9H2,1-4H3. The molecule has 1 rings (SSSR count). The molecule has 0 aromatic heterocycles. The van der Waals surface area contributed by atoms with Gasteiger partial charge in [0.1, 0.15) is 0 Å². The van der Waals surface area contributed by atoms with Gasteiger partial charge in [-0.15, -0.1) is 0 Å². The highest BCUT2D eigenvalue weighted by Gasteiger charge is 2.17. The summed E-state index contributed by atoms with van der Waals surface area (Å²) in [4.78, 5) is 12.9. The van der Waals surface area contributed by atoms with Crippen molar-refractivity contribution < 1.29 is 9.90 Å². The zero-order chi connectivity index (χ0) is 12.3. The summed E-state index contributed by atoms with van der Waals surface area (Å²) in [7, 11) is 1.87. The van der Waals surface area contributed by atoms with E-state index in [1.807, 2.05) is 37.1 Å². The molecule has 0 aliphatic carbocycles. The monoisotopic (exact) mass is 221 g/mol. The molecular weight excluding hydrogens is 202 g/mol. The van der Waals surface area contributed by atoms with Crippen molar-refractivity contribution in [2.75, 3.05) is 18.5 Å². The Hall–Kier alpha value is -1.35. The van der Waals surface area contributed by atoms with Gasteiger partial charge >= 0.3 is 0 Å². The van der Waals surface area contributed by atoms with Gasteiger partial charge in [-0.25, -0.2) is 0 Å². The minimum atomic E-state index is -0.778. The maximum atomic E-state index is 11.0. The molecule has 1 N–H and O–H groups in total. The number of aliphatic hydroxyl groups is 1. The Morgan fingerprint density at radius 3 is 2.56 bits per heavy atom. The molecule has 0 bridgehead atoms. The van der Waals surface area contributed by atoms with Crippen molar-refractivity contribution in [1.82, 2.24) is 0 Å². The van der Waals surface area contributed by atoms with Gasteiger partial charge in [-0.1, -0.05) is 11.6 Å². The molecule has 0 radical (unpaired) electrons. The number of hydrogen-bond donors (Lipinski definition) is 1. The van der Waals surface area contributed by atoms with Crippen molar-refractivity contribution >= 4 is 12.0 Å². The minimum absolute atomic E-state index is 0.483. The average molecular weight is 221 g/mol. The lowest BCUT2D eigenvalue weighted by Gasteiger charge is -2.28. The van der Waals surface area contributed by atoms with Crippen LogP contribution in [0.2, 0.25) is 0 Å². The van der Waals surface area contributed by atoms with E-state index in [0.717, 1.165) is 17.5 Å². The van der Waals surface area contributed by atoms with E-state index in [1.54, 1.807) is 13.8 Å². The first-order valence-corrected chi connectivity index (χ1v) is 5.33. The predicted octanol–water partition coefficient (Wildman–Crippen LogP) is 2.01. The number of benzene rings is 1. The fourth-order valence-corrected chi connectivity index (χ4v) is 1.78. The number of carbonyl (C=O) groups excluding carboxylic acids is 1. The molecule has 1 aromatic rings. The first-order valence-electron chi connectivity index (χ1n) is 5.33. The molecule has 88 valence electrons. The molecule has 3 nitrogen and oxygen atoms in total. The van der Waals surface area contributed by atoms with E-state index in [1.165, 1.54) is 0 Å². The summed E-state index contributed by atoms with van der Waals surface area (Å²) in [6.45, 7) is 5.93. The van der Waals surface area contributed by atoms with Gasteiger partial charge in [-0.2, -0.15) is 0 Å². The zero-order valence-electron chi connectivity index (χ0n) is 10.3. The lowest BCUT2D eigenvalue weighted by molar-refractivity contribution is 0.0884. The SMILES string of the molecule is Cc1ccc(N(C)CC(C)(C)O)c(C=O)c1. The lowest BCUT2D eigenvalue weighted by Crippen LogP contribution is -2.36. The van der Waals surface area contributed by atoms with Crippen LogP contribution in [0.3, 0.4) is 0 Å². The highest BCUT2D eigenvalue weighted by atomic mass is 16.3. The fourth-order valence-electron chi connectivity index (χ4n) is 1.78. The van der Waals surface area contributed by atoms with E-state index in [9.17, 15) is 9.90 Å². The molecule has 0 atom stereocenters. The Morgan fingerprint density at radius 1 is 1.44 bits per heavy atom. The molecule has 0 saturated carbocycles. The second kappa shape index (κ2) is 4.66. The molecule has 0 unspecified atom stereocenters. The number of aldehydes is 1. The van der Waals surface area contributed by atoms with Crippen LogP contribution in [0.25, 0.3) is 0 Å². The number of hydrogen-bond acceptors (Lipinski definition) is 3. The van der Waals surface area contributed by atoms with Gasteiger partial charge in [0.05, 0.1) is 5.60 Å². The summed E-state index contributed by atoms with van der Waals surface area (Å²) in [6.07, 6.45) is 0.850. The highest BCUT2D eigenvalue weighted by molar-refractivity contribution is 5.84. The van der Waals surface area contributed by atoms with Gasteiger partial charge < -0.3 is 10.0 Å². The third-order valence-electron chi connectivity index (χ3n) is 2.35. The third kappa shape index (κ3) is 3.35. The van der Waals surface area contributed by atoms with Gasteiger partial charge in [0.25, 0.3) is 0 Å². The van der Waals surface area contributed by atoms with Gasteiger partial charge in [0.15, 0.2) is 6.29 Å². The van der Waals surface area contributed by atoms with Gasteiger partial charge in [0, 0.05) is 24.8 Å². The van der Waals surface area contributed by atoms with Gasteiger partial charge in [0.2, 0.25) is 0 Å². The summed E-state index contributed by atoms with van der Waals surface area (Å²) in [6, 6.07) is 5.72. The molecule has 0 amide bonds. The number of nitrogens with zero attached hydrogens (tertiary/aromatic N) is 1. The van der Waals surface area contributed by atoms with Gasteiger partial charge in [-0.3, -0.25) is 4.79 Å². The Balaban J connectivity index is 2.99. The van der Waals surface area contributed by atoms with E-state index in [0.29, 0.717) is 12.1 Å². The van der Waals surface area contributed by atoms with E-state index in [-0.39, 0.29) is 0 Å². The van der Waals surface area contributed by atoms with Crippen LogP contribution in [-0.2, 0) is 0 Å². The highest BCUT2D eigenvalue weighted by Crippen LogP contribution is 2.21. The first-order chi connectivity index (χ1) is 7.33. The van der Waals surface area contributed by atoms with E-state index >= 15 is 0 Å². The molecule has 16 heavy (non-hydrogen) atoms. The van der Waals surface area contributed by atoms with Crippen molar-refractivity contribution in [2.24, 2.45) is 0 Å². The Labute approximate surface area is 96.7 Å². The molecule has 0 heterocycles. The van der Waals surface area contributed by atoms with Crippen molar-refractivity contribution in [3.8, 4) is 0 Å². The van der Waals surface area contributed by atoms with Crippen molar-refractivity contribution in [2.45, 2.75) is 26.4 Å². The summed E-state index contributed by atoms with van der Waals surface area (Å²) >= 11 is 0. The second-order valence-electron chi connectivity index (χ2n) is 4.85. The molecular formula is C13H19NO2. The molecule has 0 fully saturated rings. The topological polar surface area (TPSA) is 40.5 Å². The van der Waals surface area contributed by atoms with E-state index in [4.69, 9.17) is 0 Å². The van der Waals surface area contributed by atoms with Crippen LogP contribution < -0.4 is 4.90 Å². The Bertz CT molecular complexity index is 380. The zero-order valence-corrected chi connectivity index (χ0v) is 10.3. The lowest BCUT2D eigenvalue weighted by atomic mass is 10.1.